The molecule has 15 heavy (non-hydrogen) atoms. The highest BCUT2D eigenvalue weighted by Crippen LogP contribution is 1.92. The van der Waals surface area contributed by atoms with Crippen LogP contribution in [0.5, 0.6) is 0 Å². The van der Waals surface area contributed by atoms with Crippen molar-refractivity contribution >= 4 is 0 Å². The molecule has 0 saturated heterocycles. The lowest BCUT2D eigenvalue weighted by Gasteiger charge is -2.04. The molecule has 3 heteroatoms. The summed E-state index contributed by atoms with van der Waals surface area (Å²) in [6.45, 7) is 5.68. The van der Waals surface area contributed by atoms with Gasteiger partial charge < -0.3 is 10.1 Å². The lowest BCUT2D eigenvalue weighted by molar-refractivity contribution is 0.132. The zero-order valence-electron chi connectivity index (χ0n) is 9.41. The van der Waals surface area contributed by atoms with Crippen molar-refractivity contribution in [3.8, 4) is 0 Å². The highest BCUT2D eigenvalue weighted by Gasteiger charge is 1.92. The van der Waals surface area contributed by atoms with Crippen molar-refractivity contribution in [2.45, 2.75) is 26.3 Å². The van der Waals surface area contributed by atoms with Crippen molar-refractivity contribution in [1.82, 2.24) is 10.3 Å². The minimum Gasteiger partial charge on any atom is -0.381 e. The SMILES string of the molecule is CCCOCCCNCc1ccccn1. The van der Waals surface area contributed by atoms with Crippen molar-refractivity contribution in [2.24, 2.45) is 0 Å². The molecule has 0 aliphatic carbocycles. The van der Waals surface area contributed by atoms with Crippen molar-refractivity contribution in [3.05, 3.63) is 30.1 Å². The summed E-state index contributed by atoms with van der Waals surface area (Å²) in [4.78, 5) is 4.23. The van der Waals surface area contributed by atoms with E-state index < -0.39 is 0 Å². The van der Waals surface area contributed by atoms with E-state index in [1.165, 1.54) is 0 Å². The van der Waals surface area contributed by atoms with Crippen LogP contribution in [-0.4, -0.2) is 24.7 Å². The molecule has 84 valence electrons. The summed E-state index contributed by atoms with van der Waals surface area (Å²) >= 11 is 0. The largest absolute Gasteiger partial charge is 0.381 e. The maximum Gasteiger partial charge on any atom is 0.0541 e. The summed E-state index contributed by atoms with van der Waals surface area (Å²) in [5.41, 5.74) is 1.09. The average molecular weight is 208 g/mol. The van der Waals surface area contributed by atoms with Gasteiger partial charge in [0.15, 0.2) is 0 Å². The number of pyridine rings is 1. The Morgan fingerprint density at radius 3 is 3.00 bits per heavy atom. The molecule has 1 aromatic rings. The Morgan fingerprint density at radius 1 is 1.33 bits per heavy atom. The normalized spacial score (nSPS) is 10.5. The third-order valence-corrected chi connectivity index (χ3v) is 2.02. The van der Waals surface area contributed by atoms with Gasteiger partial charge in [-0.05, 0) is 31.5 Å². The summed E-state index contributed by atoms with van der Waals surface area (Å²) in [5.74, 6) is 0. The predicted molar refractivity (Wildman–Crippen MR) is 61.7 cm³/mol. The van der Waals surface area contributed by atoms with Gasteiger partial charge in [-0.2, -0.15) is 0 Å². The van der Waals surface area contributed by atoms with Crippen molar-refractivity contribution in [1.29, 1.82) is 0 Å². The van der Waals surface area contributed by atoms with Crippen LogP contribution in [0.4, 0.5) is 0 Å². The van der Waals surface area contributed by atoms with Gasteiger partial charge >= 0.3 is 0 Å². The average Bonchev–Trinajstić information content (AvgIpc) is 2.29. The minimum absolute atomic E-state index is 0.842. The maximum atomic E-state index is 5.38. The summed E-state index contributed by atoms with van der Waals surface area (Å²) in [5, 5.41) is 3.34. The smallest absolute Gasteiger partial charge is 0.0541 e. The summed E-state index contributed by atoms with van der Waals surface area (Å²) in [6, 6.07) is 5.97. The Balaban J connectivity index is 1.93. The number of ether oxygens (including phenoxy) is 1. The van der Waals surface area contributed by atoms with Crippen LogP contribution in [0, 0.1) is 0 Å². The van der Waals surface area contributed by atoms with Crippen molar-refractivity contribution < 1.29 is 4.74 Å². The number of aromatic nitrogens is 1. The molecule has 1 heterocycles. The Bertz CT molecular complexity index is 239. The third-order valence-electron chi connectivity index (χ3n) is 2.02. The molecule has 0 amide bonds. The molecular formula is C12H20N2O. The Hall–Kier alpha value is -0.930. The molecule has 0 spiro atoms. The molecule has 0 aliphatic heterocycles. The number of nitrogens with zero attached hydrogens (tertiary/aromatic N) is 1. The van der Waals surface area contributed by atoms with Crippen LogP contribution in [0.2, 0.25) is 0 Å². The predicted octanol–water partition coefficient (Wildman–Crippen LogP) is 1.99. The summed E-state index contributed by atoms with van der Waals surface area (Å²) in [6.07, 6.45) is 3.98. The second kappa shape index (κ2) is 8.38. The van der Waals surface area contributed by atoms with E-state index in [1.807, 2.05) is 24.4 Å². The zero-order valence-corrected chi connectivity index (χ0v) is 9.41. The molecule has 0 atom stereocenters. The first-order valence-corrected chi connectivity index (χ1v) is 5.62. The first-order valence-electron chi connectivity index (χ1n) is 5.62. The molecule has 0 saturated carbocycles. The first-order chi connectivity index (χ1) is 7.43. The lowest BCUT2D eigenvalue weighted by atomic mass is 10.3. The Kier molecular flexibility index (Phi) is 6.79. The van der Waals surface area contributed by atoms with Crippen LogP contribution >= 0.6 is 0 Å². The second-order valence-corrected chi connectivity index (χ2v) is 3.46. The Labute approximate surface area is 91.9 Å². The quantitative estimate of drug-likeness (QED) is 0.663. The fraction of sp³-hybridized carbons (Fsp3) is 0.583. The minimum atomic E-state index is 0.842. The van der Waals surface area contributed by atoms with Crippen LogP contribution in [0.1, 0.15) is 25.5 Å². The van der Waals surface area contributed by atoms with Gasteiger partial charge in [-0.15, -0.1) is 0 Å². The molecule has 0 aromatic carbocycles. The summed E-state index contributed by atoms with van der Waals surface area (Å²) in [7, 11) is 0. The molecule has 3 nitrogen and oxygen atoms in total. The molecule has 0 bridgehead atoms. The van der Waals surface area contributed by atoms with Gasteiger partial charge in [-0.1, -0.05) is 13.0 Å². The number of hydrogen-bond donors (Lipinski definition) is 1. The lowest BCUT2D eigenvalue weighted by Crippen LogP contribution is -2.17. The van der Waals surface area contributed by atoms with E-state index in [-0.39, 0.29) is 0 Å². The standard InChI is InChI=1S/C12H20N2O/c1-2-9-15-10-5-7-13-11-12-6-3-4-8-14-12/h3-4,6,8,13H,2,5,7,9-11H2,1H3. The van der Waals surface area contributed by atoms with E-state index >= 15 is 0 Å². The van der Waals surface area contributed by atoms with E-state index in [1.54, 1.807) is 0 Å². The van der Waals surface area contributed by atoms with E-state index in [9.17, 15) is 0 Å². The summed E-state index contributed by atoms with van der Waals surface area (Å²) < 4.78 is 5.38. The fourth-order valence-corrected chi connectivity index (χ4v) is 1.26. The molecule has 0 radical (unpaired) electrons. The number of nitrogens with one attached hydrogen (secondary N) is 1. The topological polar surface area (TPSA) is 34.1 Å². The Morgan fingerprint density at radius 2 is 2.27 bits per heavy atom. The molecule has 0 fully saturated rings. The molecule has 1 N–H and O–H groups in total. The van der Waals surface area contributed by atoms with Crippen molar-refractivity contribution in [3.63, 3.8) is 0 Å². The van der Waals surface area contributed by atoms with E-state index in [0.717, 1.165) is 44.8 Å². The van der Waals surface area contributed by atoms with Crippen LogP contribution < -0.4 is 5.32 Å². The molecule has 1 aromatic heterocycles. The van der Waals surface area contributed by atoms with Crippen LogP contribution in [0.3, 0.4) is 0 Å². The van der Waals surface area contributed by atoms with Gasteiger partial charge in [-0.3, -0.25) is 4.98 Å². The van der Waals surface area contributed by atoms with Crippen LogP contribution in [0.15, 0.2) is 24.4 Å². The van der Waals surface area contributed by atoms with E-state index in [0.29, 0.717) is 0 Å². The van der Waals surface area contributed by atoms with Crippen LogP contribution in [0.25, 0.3) is 0 Å². The van der Waals surface area contributed by atoms with E-state index in [2.05, 4.69) is 17.2 Å². The zero-order chi connectivity index (χ0) is 10.8. The van der Waals surface area contributed by atoms with Gasteiger partial charge in [-0.25, -0.2) is 0 Å². The highest BCUT2D eigenvalue weighted by atomic mass is 16.5. The molecule has 0 aliphatic rings. The highest BCUT2D eigenvalue weighted by molar-refractivity contribution is 5.02. The van der Waals surface area contributed by atoms with Crippen molar-refractivity contribution in [2.75, 3.05) is 19.8 Å². The van der Waals surface area contributed by atoms with Gasteiger partial charge in [0, 0.05) is 26.0 Å². The van der Waals surface area contributed by atoms with E-state index in [4.69, 9.17) is 4.74 Å². The van der Waals surface area contributed by atoms with Gasteiger partial charge in [0.1, 0.15) is 0 Å². The first kappa shape index (κ1) is 12.1. The number of rotatable bonds is 8. The van der Waals surface area contributed by atoms with Gasteiger partial charge in [0.05, 0.1) is 5.69 Å². The van der Waals surface area contributed by atoms with Gasteiger partial charge in [0.2, 0.25) is 0 Å². The molecular weight excluding hydrogens is 188 g/mol. The fourth-order valence-electron chi connectivity index (χ4n) is 1.26. The molecule has 0 unspecified atom stereocenters. The second-order valence-electron chi connectivity index (χ2n) is 3.46. The van der Waals surface area contributed by atoms with Gasteiger partial charge in [0.25, 0.3) is 0 Å². The van der Waals surface area contributed by atoms with Crippen LogP contribution in [-0.2, 0) is 11.3 Å². The third kappa shape index (κ3) is 6.20. The number of hydrogen-bond acceptors (Lipinski definition) is 3. The molecule has 1 rings (SSSR count). The maximum absolute atomic E-state index is 5.38. The monoisotopic (exact) mass is 208 g/mol.